The van der Waals surface area contributed by atoms with Crippen molar-refractivity contribution in [1.82, 2.24) is 29.6 Å². The van der Waals surface area contributed by atoms with Crippen LogP contribution in [0.1, 0.15) is 67.4 Å². The number of nitrogens with zero attached hydrogens (tertiary/aromatic N) is 7. The van der Waals surface area contributed by atoms with E-state index in [1.807, 2.05) is 32.1 Å². The zero-order valence-electron chi connectivity index (χ0n) is 29.2. The third kappa shape index (κ3) is 6.53. The maximum Gasteiger partial charge on any atom is 0.433 e. The maximum absolute atomic E-state index is 14.5. The SMILES string of the molecule is Cc1ncc(-c2cc3c4c(c2)c(C#N)nn4CC(=O)N2C4C(C)[C@]4(COC/C=C/CCCCC3)C[C@H]2C(=O)Nc2nc(C(F)(F)F)ccc2C)cn1. The highest BCUT2D eigenvalue weighted by Crippen LogP contribution is 2.64. The van der Waals surface area contributed by atoms with Crippen LogP contribution in [0.25, 0.3) is 22.0 Å². The van der Waals surface area contributed by atoms with Gasteiger partial charge < -0.3 is 15.0 Å². The molecule has 1 aromatic carbocycles. The van der Waals surface area contributed by atoms with Gasteiger partial charge in [-0.25, -0.2) is 15.0 Å². The van der Waals surface area contributed by atoms with Crippen LogP contribution < -0.4 is 5.32 Å². The minimum atomic E-state index is -4.70. The molecule has 1 saturated heterocycles. The van der Waals surface area contributed by atoms with E-state index in [1.165, 1.54) is 6.07 Å². The Morgan fingerprint density at radius 2 is 1.88 bits per heavy atom. The second kappa shape index (κ2) is 13.8. The molecule has 1 aliphatic carbocycles. The summed E-state index contributed by atoms with van der Waals surface area (Å²) in [5.74, 6) is -0.571. The van der Waals surface area contributed by atoms with Gasteiger partial charge >= 0.3 is 6.18 Å². The summed E-state index contributed by atoms with van der Waals surface area (Å²) in [6, 6.07) is 6.91. The molecular formula is C38H39F3N8O3. The lowest BCUT2D eigenvalue weighted by Gasteiger charge is -2.28. The van der Waals surface area contributed by atoms with E-state index in [4.69, 9.17) is 4.74 Å². The first-order valence-electron chi connectivity index (χ1n) is 17.5. The fraction of sp³-hybridized carbons (Fsp3) is 0.447. The van der Waals surface area contributed by atoms with E-state index in [1.54, 1.807) is 28.9 Å². The third-order valence-electron chi connectivity index (χ3n) is 10.8. The second-order valence-corrected chi connectivity index (χ2v) is 14.1. The molecule has 7 rings (SSSR count). The molecule has 0 spiro atoms. The van der Waals surface area contributed by atoms with Crippen molar-refractivity contribution in [3.8, 4) is 17.2 Å². The van der Waals surface area contributed by atoms with Crippen molar-refractivity contribution in [2.75, 3.05) is 18.5 Å². The fourth-order valence-corrected chi connectivity index (χ4v) is 7.95. The number of nitriles is 1. The van der Waals surface area contributed by atoms with Crippen LogP contribution in [0.3, 0.4) is 0 Å². The summed E-state index contributed by atoms with van der Waals surface area (Å²) in [4.78, 5) is 42.4. The van der Waals surface area contributed by atoms with Crippen LogP contribution in [-0.2, 0) is 33.5 Å². The minimum absolute atomic E-state index is 0.0128. The van der Waals surface area contributed by atoms with Crippen LogP contribution >= 0.6 is 0 Å². The number of hydrogen-bond donors (Lipinski definition) is 1. The van der Waals surface area contributed by atoms with E-state index in [0.717, 1.165) is 48.4 Å². The molecule has 2 bridgehead atoms. The van der Waals surface area contributed by atoms with Crippen LogP contribution in [-0.4, -0.2) is 66.7 Å². The van der Waals surface area contributed by atoms with Crippen molar-refractivity contribution in [2.45, 2.75) is 84.1 Å². The summed E-state index contributed by atoms with van der Waals surface area (Å²) in [5.41, 5.74) is 2.11. The number of benzene rings is 1. The average Bonchev–Trinajstić information content (AvgIpc) is 3.37. The van der Waals surface area contributed by atoms with Gasteiger partial charge in [0.05, 0.1) is 18.7 Å². The number of carbonyl (C=O) groups excluding carboxylic acids is 2. The molecule has 3 aromatic heterocycles. The first-order chi connectivity index (χ1) is 24.9. The largest absolute Gasteiger partial charge is 0.433 e. The van der Waals surface area contributed by atoms with Gasteiger partial charge in [-0.15, -0.1) is 0 Å². The highest BCUT2D eigenvalue weighted by atomic mass is 19.4. The molecule has 2 unspecified atom stereocenters. The number of nitrogens with one attached hydrogen (secondary N) is 1. The number of amides is 2. The number of ether oxygens (including phenoxy) is 1. The molecule has 4 aromatic rings. The summed E-state index contributed by atoms with van der Waals surface area (Å²) in [6.07, 6.45) is 7.55. The maximum atomic E-state index is 14.5. The van der Waals surface area contributed by atoms with Crippen molar-refractivity contribution >= 4 is 28.5 Å². The number of pyridine rings is 1. The smallest absolute Gasteiger partial charge is 0.377 e. The van der Waals surface area contributed by atoms with Gasteiger partial charge in [-0.05, 0) is 86.8 Å². The van der Waals surface area contributed by atoms with Gasteiger partial charge in [0.25, 0.3) is 0 Å². The number of alkyl halides is 3. The van der Waals surface area contributed by atoms with Gasteiger partial charge in [0, 0.05) is 34.8 Å². The van der Waals surface area contributed by atoms with Gasteiger partial charge in [-0.2, -0.15) is 23.5 Å². The highest BCUT2D eigenvalue weighted by molar-refractivity contribution is 5.98. The number of halogens is 3. The number of rotatable bonds is 3. The molecule has 14 heteroatoms. The Balaban J connectivity index is 1.27. The average molecular weight is 713 g/mol. The molecule has 1 N–H and O–H groups in total. The first-order valence-corrected chi connectivity index (χ1v) is 17.5. The number of aryl methyl sites for hydroxylation is 3. The summed E-state index contributed by atoms with van der Waals surface area (Å²) < 4.78 is 48.2. The number of anilines is 1. The Bertz CT molecular complexity index is 2110. The molecular weight excluding hydrogens is 673 g/mol. The van der Waals surface area contributed by atoms with Gasteiger partial charge in [0.15, 0.2) is 5.69 Å². The topological polar surface area (TPSA) is 139 Å². The summed E-state index contributed by atoms with van der Waals surface area (Å²) in [7, 11) is 0. The molecule has 52 heavy (non-hydrogen) atoms. The van der Waals surface area contributed by atoms with Crippen molar-refractivity contribution in [1.29, 1.82) is 5.26 Å². The molecule has 270 valence electrons. The Morgan fingerprint density at radius 1 is 1.10 bits per heavy atom. The number of piperidine rings is 1. The van der Waals surface area contributed by atoms with E-state index in [2.05, 4.69) is 37.5 Å². The fourth-order valence-electron chi connectivity index (χ4n) is 7.95. The van der Waals surface area contributed by atoms with Gasteiger partial charge in [-0.1, -0.05) is 31.6 Å². The Hall–Kier alpha value is -5.16. The lowest BCUT2D eigenvalue weighted by molar-refractivity contribution is -0.141. The molecule has 0 radical (unpaired) electrons. The Morgan fingerprint density at radius 3 is 2.63 bits per heavy atom. The zero-order chi connectivity index (χ0) is 36.8. The normalized spacial score (nSPS) is 24.4. The standard InChI is InChI=1S/C38H39F3N8O3/c1-22-11-12-31(38(39,40)41)45-35(22)46-36(51)30-16-37-21-52-13-9-7-5-4-6-8-10-25-14-26(27-18-43-24(3)44-19-27)15-28-29(17-42)47-48(33(25)28)20-32(50)49(30)34(37)23(37)2/h7,9,11-12,14-15,18-19,23,30,34H,4-6,8,10,13,16,20-21H2,1-3H3,(H,45,46,51)/b9-7+/t23?,30-,34?,37+/m0/s1. The monoisotopic (exact) mass is 712 g/mol. The second-order valence-electron chi connectivity index (χ2n) is 14.1. The lowest BCUT2D eigenvalue weighted by atomic mass is 9.96. The van der Waals surface area contributed by atoms with Gasteiger partial charge in [0.1, 0.15) is 36.0 Å². The molecule has 2 fully saturated rings. The lowest BCUT2D eigenvalue weighted by Crippen LogP contribution is -2.47. The van der Waals surface area contributed by atoms with Gasteiger partial charge in [0.2, 0.25) is 11.8 Å². The predicted molar refractivity (Wildman–Crippen MR) is 186 cm³/mol. The molecule has 2 aliphatic heterocycles. The van der Waals surface area contributed by atoms with E-state index < -0.39 is 29.2 Å². The van der Waals surface area contributed by atoms with Crippen molar-refractivity contribution in [3.05, 3.63) is 77.2 Å². The van der Waals surface area contributed by atoms with Crippen LogP contribution in [0.4, 0.5) is 19.0 Å². The predicted octanol–water partition coefficient (Wildman–Crippen LogP) is 6.33. The summed E-state index contributed by atoms with van der Waals surface area (Å²) >= 11 is 0. The van der Waals surface area contributed by atoms with Crippen LogP contribution in [0.15, 0.2) is 48.8 Å². The number of aromatic nitrogens is 5. The summed E-state index contributed by atoms with van der Waals surface area (Å²) in [5, 5.41) is 18.0. The Kier molecular flexibility index (Phi) is 9.33. The molecule has 5 heterocycles. The number of hydrogen-bond acceptors (Lipinski definition) is 8. The van der Waals surface area contributed by atoms with E-state index in [-0.39, 0.29) is 42.3 Å². The third-order valence-corrected chi connectivity index (χ3v) is 10.8. The van der Waals surface area contributed by atoms with Crippen LogP contribution in [0, 0.1) is 36.5 Å². The van der Waals surface area contributed by atoms with E-state index in [0.29, 0.717) is 41.9 Å². The molecule has 3 aliphatic rings. The van der Waals surface area contributed by atoms with Crippen LogP contribution in [0.2, 0.25) is 0 Å². The van der Waals surface area contributed by atoms with Crippen molar-refractivity contribution in [2.24, 2.45) is 11.3 Å². The molecule has 4 atom stereocenters. The van der Waals surface area contributed by atoms with Crippen molar-refractivity contribution in [3.63, 3.8) is 0 Å². The quantitative estimate of drug-likeness (QED) is 0.243. The van der Waals surface area contributed by atoms with Gasteiger partial charge in [-0.3, -0.25) is 14.3 Å². The molecule has 1 saturated carbocycles. The first kappa shape index (κ1) is 35.3. The van der Waals surface area contributed by atoms with Crippen LogP contribution in [0.5, 0.6) is 0 Å². The highest BCUT2D eigenvalue weighted by Gasteiger charge is 2.72. The minimum Gasteiger partial charge on any atom is -0.377 e. The summed E-state index contributed by atoms with van der Waals surface area (Å²) in [6.45, 7) is 5.85. The number of allylic oxidation sites excluding steroid dienone is 1. The number of carbonyl (C=O) groups is 2. The van der Waals surface area contributed by atoms with Crippen molar-refractivity contribution < 1.29 is 27.5 Å². The Labute approximate surface area is 298 Å². The van der Waals surface area contributed by atoms with E-state index >= 15 is 0 Å². The zero-order valence-corrected chi connectivity index (χ0v) is 29.2. The molecule has 2 amide bonds. The molecule has 11 nitrogen and oxygen atoms in total. The van der Waals surface area contributed by atoms with E-state index in [9.17, 15) is 28.0 Å².